The molecule has 4 heteroatoms. The van der Waals surface area contributed by atoms with Crippen molar-refractivity contribution in [2.24, 2.45) is 0 Å². The lowest BCUT2D eigenvalue weighted by atomic mass is 10.1. The van der Waals surface area contributed by atoms with Crippen LogP contribution in [0.2, 0.25) is 0 Å². The van der Waals surface area contributed by atoms with Gasteiger partial charge in [-0.25, -0.2) is 0 Å². The summed E-state index contributed by atoms with van der Waals surface area (Å²) < 4.78 is 4.74. The maximum absolute atomic E-state index is 11.4. The summed E-state index contributed by atoms with van der Waals surface area (Å²) in [4.78, 5) is 13.5. The molecule has 1 heterocycles. The van der Waals surface area contributed by atoms with Gasteiger partial charge in [0, 0.05) is 6.04 Å². The number of aliphatic hydroxyl groups is 1. The van der Waals surface area contributed by atoms with E-state index in [-0.39, 0.29) is 24.7 Å². The van der Waals surface area contributed by atoms with Gasteiger partial charge in [0.1, 0.15) is 6.04 Å². The Labute approximate surface area is 91.2 Å². The smallest absolute Gasteiger partial charge is 0.322 e. The number of carbonyl (C=O) groups excluding carboxylic acids is 1. The molecule has 1 fully saturated rings. The molecule has 0 spiro atoms. The standard InChI is InChI=1S/C11H21NO3/c1-9(11(14)15-2)12-7-5-3-4-6-10(12)8-13/h9-10,13H,3-8H2,1-2H3. The zero-order chi connectivity index (χ0) is 11.3. The van der Waals surface area contributed by atoms with Crippen LogP contribution < -0.4 is 0 Å². The van der Waals surface area contributed by atoms with E-state index in [1.54, 1.807) is 0 Å². The van der Waals surface area contributed by atoms with E-state index in [1.807, 2.05) is 6.92 Å². The van der Waals surface area contributed by atoms with Crippen LogP contribution in [0.15, 0.2) is 0 Å². The van der Waals surface area contributed by atoms with Crippen LogP contribution >= 0.6 is 0 Å². The fourth-order valence-corrected chi connectivity index (χ4v) is 2.21. The second-order valence-corrected chi connectivity index (χ2v) is 4.12. The number of esters is 1. The highest BCUT2D eigenvalue weighted by molar-refractivity contribution is 5.75. The molecule has 0 aromatic heterocycles. The molecule has 0 amide bonds. The maximum Gasteiger partial charge on any atom is 0.322 e. The van der Waals surface area contributed by atoms with Gasteiger partial charge in [-0.15, -0.1) is 0 Å². The molecule has 2 atom stereocenters. The molecule has 0 bridgehead atoms. The Balaban J connectivity index is 2.65. The van der Waals surface area contributed by atoms with Crippen molar-refractivity contribution in [1.29, 1.82) is 0 Å². The van der Waals surface area contributed by atoms with Gasteiger partial charge in [-0.05, 0) is 26.3 Å². The Bertz CT molecular complexity index is 208. The fraction of sp³-hybridized carbons (Fsp3) is 0.909. The first-order valence-electron chi connectivity index (χ1n) is 5.65. The predicted octanol–water partition coefficient (Wildman–Crippen LogP) is 0.785. The number of hydrogen-bond donors (Lipinski definition) is 1. The molecule has 4 nitrogen and oxygen atoms in total. The van der Waals surface area contributed by atoms with Crippen LogP contribution in [0.25, 0.3) is 0 Å². The summed E-state index contributed by atoms with van der Waals surface area (Å²) in [5.74, 6) is -0.213. The lowest BCUT2D eigenvalue weighted by Gasteiger charge is -2.32. The molecular formula is C11H21NO3. The predicted molar refractivity (Wildman–Crippen MR) is 57.5 cm³/mol. The number of carbonyl (C=O) groups is 1. The summed E-state index contributed by atoms with van der Waals surface area (Å²) in [5, 5.41) is 9.30. The number of methoxy groups -OCH3 is 1. The first-order chi connectivity index (χ1) is 7.20. The van der Waals surface area contributed by atoms with Crippen LogP contribution in [0.1, 0.15) is 32.6 Å². The number of aliphatic hydroxyl groups excluding tert-OH is 1. The van der Waals surface area contributed by atoms with Crippen molar-refractivity contribution < 1.29 is 14.6 Å². The third kappa shape index (κ3) is 3.18. The summed E-state index contributed by atoms with van der Waals surface area (Å²) >= 11 is 0. The van der Waals surface area contributed by atoms with Gasteiger partial charge in [0.15, 0.2) is 0 Å². The van der Waals surface area contributed by atoms with Gasteiger partial charge in [-0.3, -0.25) is 9.69 Å². The Kier molecular flexibility index (Phi) is 5.05. The monoisotopic (exact) mass is 215 g/mol. The molecule has 1 aliphatic heterocycles. The van der Waals surface area contributed by atoms with Crippen LogP contribution in [-0.2, 0) is 9.53 Å². The summed E-state index contributed by atoms with van der Waals surface area (Å²) in [7, 11) is 1.41. The molecule has 0 radical (unpaired) electrons. The SMILES string of the molecule is COC(=O)C(C)N1CCCCCC1CO. The zero-order valence-corrected chi connectivity index (χ0v) is 9.61. The Morgan fingerprint density at radius 3 is 2.87 bits per heavy atom. The molecule has 0 aromatic carbocycles. The quantitative estimate of drug-likeness (QED) is 0.707. The average Bonchev–Trinajstić information content (AvgIpc) is 2.51. The number of hydrogen-bond acceptors (Lipinski definition) is 4. The van der Waals surface area contributed by atoms with Crippen LogP contribution in [0.3, 0.4) is 0 Å². The minimum atomic E-state index is -0.245. The van der Waals surface area contributed by atoms with Gasteiger partial charge in [0.2, 0.25) is 0 Å². The summed E-state index contributed by atoms with van der Waals surface area (Å²) in [5.41, 5.74) is 0. The van der Waals surface area contributed by atoms with Crippen LogP contribution in [0, 0.1) is 0 Å². The van der Waals surface area contributed by atoms with E-state index in [9.17, 15) is 9.90 Å². The van der Waals surface area contributed by atoms with E-state index in [1.165, 1.54) is 13.5 Å². The van der Waals surface area contributed by atoms with Crippen LogP contribution in [-0.4, -0.2) is 48.3 Å². The lowest BCUT2D eigenvalue weighted by Crippen LogP contribution is -2.47. The first-order valence-corrected chi connectivity index (χ1v) is 5.65. The molecular weight excluding hydrogens is 194 g/mol. The molecule has 0 saturated carbocycles. The molecule has 1 saturated heterocycles. The van der Waals surface area contributed by atoms with Gasteiger partial charge >= 0.3 is 5.97 Å². The summed E-state index contributed by atoms with van der Waals surface area (Å²) in [6, 6.07) is -0.133. The van der Waals surface area contributed by atoms with Gasteiger partial charge in [0.25, 0.3) is 0 Å². The summed E-state index contributed by atoms with van der Waals surface area (Å²) in [6.45, 7) is 2.85. The largest absolute Gasteiger partial charge is 0.468 e. The van der Waals surface area contributed by atoms with Gasteiger partial charge in [-0.1, -0.05) is 12.8 Å². The van der Waals surface area contributed by atoms with Gasteiger partial charge in [0.05, 0.1) is 13.7 Å². The topological polar surface area (TPSA) is 49.8 Å². The van der Waals surface area contributed by atoms with Crippen LogP contribution in [0.5, 0.6) is 0 Å². The van der Waals surface area contributed by atoms with Crippen molar-refractivity contribution in [2.75, 3.05) is 20.3 Å². The third-order valence-electron chi connectivity index (χ3n) is 3.17. The highest BCUT2D eigenvalue weighted by atomic mass is 16.5. The average molecular weight is 215 g/mol. The van der Waals surface area contributed by atoms with E-state index in [2.05, 4.69) is 4.90 Å². The highest BCUT2D eigenvalue weighted by Gasteiger charge is 2.29. The molecule has 1 rings (SSSR count). The number of nitrogens with zero attached hydrogens (tertiary/aromatic N) is 1. The van der Waals surface area contributed by atoms with E-state index in [4.69, 9.17) is 4.74 Å². The molecule has 1 aliphatic rings. The van der Waals surface area contributed by atoms with Crippen molar-refractivity contribution >= 4 is 5.97 Å². The molecule has 0 aromatic rings. The fourth-order valence-electron chi connectivity index (χ4n) is 2.21. The van der Waals surface area contributed by atoms with E-state index in [0.29, 0.717) is 0 Å². The second-order valence-electron chi connectivity index (χ2n) is 4.12. The number of ether oxygens (including phenoxy) is 1. The summed E-state index contributed by atoms with van der Waals surface area (Å²) in [6.07, 6.45) is 4.38. The van der Waals surface area contributed by atoms with E-state index in [0.717, 1.165) is 25.8 Å². The molecule has 15 heavy (non-hydrogen) atoms. The lowest BCUT2D eigenvalue weighted by molar-refractivity contribution is -0.147. The molecule has 2 unspecified atom stereocenters. The van der Waals surface area contributed by atoms with Crippen molar-refractivity contribution in [1.82, 2.24) is 4.90 Å². The van der Waals surface area contributed by atoms with E-state index >= 15 is 0 Å². The minimum absolute atomic E-state index is 0.113. The van der Waals surface area contributed by atoms with Crippen molar-refractivity contribution in [3.63, 3.8) is 0 Å². The highest BCUT2D eigenvalue weighted by Crippen LogP contribution is 2.19. The zero-order valence-electron chi connectivity index (χ0n) is 9.61. The Morgan fingerprint density at radius 2 is 2.27 bits per heavy atom. The van der Waals surface area contributed by atoms with Crippen LogP contribution in [0.4, 0.5) is 0 Å². The first kappa shape index (κ1) is 12.5. The Hall–Kier alpha value is -0.610. The van der Waals surface area contributed by atoms with Crippen molar-refractivity contribution in [2.45, 2.75) is 44.7 Å². The number of likely N-dealkylation sites (tertiary alicyclic amines) is 1. The molecule has 1 N–H and O–H groups in total. The maximum atomic E-state index is 11.4. The molecule has 0 aliphatic carbocycles. The second kappa shape index (κ2) is 6.08. The third-order valence-corrected chi connectivity index (χ3v) is 3.17. The minimum Gasteiger partial charge on any atom is -0.468 e. The van der Waals surface area contributed by atoms with Gasteiger partial charge < -0.3 is 9.84 Å². The van der Waals surface area contributed by atoms with Crippen molar-refractivity contribution in [3.05, 3.63) is 0 Å². The number of rotatable bonds is 3. The van der Waals surface area contributed by atoms with Crippen molar-refractivity contribution in [3.8, 4) is 0 Å². The van der Waals surface area contributed by atoms with E-state index < -0.39 is 0 Å². The normalized spacial score (nSPS) is 25.7. The Morgan fingerprint density at radius 1 is 1.53 bits per heavy atom. The molecule has 88 valence electrons. The van der Waals surface area contributed by atoms with Gasteiger partial charge in [-0.2, -0.15) is 0 Å².